The van der Waals surface area contributed by atoms with Crippen molar-refractivity contribution in [2.24, 2.45) is 5.92 Å². The minimum atomic E-state index is 0.251. The molecular formula is C12H27N. The second-order valence-corrected chi connectivity index (χ2v) is 5.14. The lowest BCUT2D eigenvalue weighted by atomic mass is 9.91. The first-order chi connectivity index (χ1) is 5.90. The van der Waals surface area contributed by atoms with Crippen LogP contribution in [0.2, 0.25) is 0 Å². The highest BCUT2D eigenvalue weighted by atomic mass is 15.0. The summed E-state index contributed by atoms with van der Waals surface area (Å²) in [5.74, 6) is 0.837. The Morgan fingerprint density at radius 3 is 2.00 bits per heavy atom. The molecule has 1 nitrogen and oxygen atoms in total. The fraction of sp³-hybridized carbons (Fsp3) is 1.00. The van der Waals surface area contributed by atoms with Crippen LogP contribution in [0.15, 0.2) is 0 Å². The van der Waals surface area contributed by atoms with E-state index in [0.717, 1.165) is 5.92 Å². The zero-order valence-electron chi connectivity index (χ0n) is 10.3. The summed E-state index contributed by atoms with van der Waals surface area (Å²) in [6, 6.07) is 0.643. The van der Waals surface area contributed by atoms with Crippen molar-refractivity contribution in [1.29, 1.82) is 0 Å². The number of hydrogen-bond acceptors (Lipinski definition) is 1. The molecule has 0 saturated heterocycles. The molecule has 0 amide bonds. The quantitative estimate of drug-likeness (QED) is 0.690. The van der Waals surface area contributed by atoms with Gasteiger partial charge in [0.05, 0.1) is 0 Å². The van der Waals surface area contributed by atoms with E-state index in [1.807, 2.05) is 0 Å². The predicted molar refractivity (Wildman–Crippen MR) is 61.0 cm³/mol. The summed E-state index contributed by atoms with van der Waals surface area (Å²) in [4.78, 5) is 0. The first-order valence-corrected chi connectivity index (χ1v) is 5.68. The third-order valence-corrected chi connectivity index (χ3v) is 2.55. The first-order valence-electron chi connectivity index (χ1n) is 5.68. The van der Waals surface area contributed by atoms with Gasteiger partial charge in [-0.1, -0.05) is 26.7 Å². The lowest BCUT2D eigenvalue weighted by Crippen LogP contribution is -2.45. The van der Waals surface area contributed by atoms with Gasteiger partial charge in [-0.15, -0.1) is 0 Å². The van der Waals surface area contributed by atoms with Crippen LogP contribution in [0, 0.1) is 5.92 Å². The van der Waals surface area contributed by atoms with Crippen molar-refractivity contribution in [3.8, 4) is 0 Å². The van der Waals surface area contributed by atoms with Crippen molar-refractivity contribution in [2.45, 2.75) is 72.4 Å². The average molecular weight is 185 g/mol. The van der Waals surface area contributed by atoms with Gasteiger partial charge in [0.1, 0.15) is 0 Å². The Morgan fingerprint density at radius 1 is 1.15 bits per heavy atom. The Labute approximate surface area is 84.3 Å². The van der Waals surface area contributed by atoms with E-state index in [4.69, 9.17) is 0 Å². The van der Waals surface area contributed by atoms with Gasteiger partial charge in [-0.25, -0.2) is 0 Å². The maximum Gasteiger partial charge on any atom is 0.00990 e. The van der Waals surface area contributed by atoms with E-state index in [-0.39, 0.29) is 5.54 Å². The maximum absolute atomic E-state index is 3.65. The minimum absolute atomic E-state index is 0.251. The van der Waals surface area contributed by atoms with Gasteiger partial charge in [-0.3, -0.25) is 0 Å². The van der Waals surface area contributed by atoms with Crippen LogP contribution < -0.4 is 5.32 Å². The van der Waals surface area contributed by atoms with Crippen molar-refractivity contribution >= 4 is 0 Å². The zero-order chi connectivity index (χ0) is 10.5. The Morgan fingerprint density at radius 2 is 1.69 bits per heavy atom. The Hall–Kier alpha value is -0.0400. The van der Waals surface area contributed by atoms with Gasteiger partial charge in [-0.05, 0) is 40.0 Å². The second-order valence-electron chi connectivity index (χ2n) is 5.14. The molecule has 0 aromatic carbocycles. The lowest BCUT2D eigenvalue weighted by Gasteiger charge is -2.31. The Kier molecular flexibility index (Phi) is 5.62. The molecule has 0 radical (unpaired) electrons. The molecule has 0 aliphatic carbocycles. The van der Waals surface area contributed by atoms with Crippen LogP contribution in [-0.2, 0) is 0 Å². The largest absolute Gasteiger partial charge is 0.309 e. The minimum Gasteiger partial charge on any atom is -0.309 e. The molecule has 0 aliphatic heterocycles. The molecule has 0 rings (SSSR count). The molecule has 13 heavy (non-hydrogen) atoms. The first kappa shape index (κ1) is 13.0. The van der Waals surface area contributed by atoms with Crippen LogP contribution in [0.5, 0.6) is 0 Å². The normalized spacial score (nSPS) is 17.1. The lowest BCUT2D eigenvalue weighted by molar-refractivity contribution is 0.276. The van der Waals surface area contributed by atoms with Gasteiger partial charge >= 0.3 is 0 Å². The topological polar surface area (TPSA) is 12.0 Å². The molecule has 0 spiro atoms. The highest BCUT2D eigenvalue weighted by Crippen LogP contribution is 2.17. The molecule has 0 aromatic rings. The van der Waals surface area contributed by atoms with Crippen LogP contribution in [0.25, 0.3) is 0 Å². The van der Waals surface area contributed by atoms with Gasteiger partial charge in [-0.2, -0.15) is 0 Å². The van der Waals surface area contributed by atoms with Crippen molar-refractivity contribution < 1.29 is 0 Å². The summed E-state index contributed by atoms with van der Waals surface area (Å²) in [6.45, 7) is 13.6. The molecule has 0 fully saturated rings. The van der Waals surface area contributed by atoms with Gasteiger partial charge in [0.15, 0.2) is 0 Å². The summed E-state index contributed by atoms with van der Waals surface area (Å²) in [5.41, 5.74) is 0.251. The van der Waals surface area contributed by atoms with Gasteiger partial charge in [0, 0.05) is 11.6 Å². The molecule has 0 heterocycles. The van der Waals surface area contributed by atoms with Crippen LogP contribution in [0.3, 0.4) is 0 Å². The number of rotatable bonds is 5. The molecule has 80 valence electrons. The van der Waals surface area contributed by atoms with Crippen LogP contribution in [0.4, 0.5) is 0 Å². The van der Waals surface area contributed by atoms with Crippen molar-refractivity contribution in [3.05, 3.63) is 0 Å². The summed E-state index contributed by atoms with van der Waals surface area (Å²) >= 11 is 0. The molecule has 0 saturated carbocycles. The molecule has 1 N–H and O–H groups in total. The Bertz CT molecular complexity index is 124. The van der Waals surface area contributed by atoms with E-state index in [1.165, 1.54) is 19.3 Å². The molecule has 0 bridgehead atoms. The van der Waals surface area contributed by atoms with E-state index < -0.39 is 0 Å². The number of nitrogens with one attached hydrogen (secondary N) is 1. The van der Waals surface area contributed by atoms with Crippen molar-refractivity contribution in [2.75, 3.05) is 0 Å². The van der Waals surface area contributed by atoms with E-state index in [0.29, 0.717) is 6.04 Å². The van der Waals surface area contributed by atoms with Crippen molar-refractivity contribution in [3.63, 3.8) is 0 Å². The highest BCUT2D eigenvalue weighted by Gasteiger charge is 2.19. The second kappa shape index (κ2) is 5.64. The Balaban J connectivity index is 3.97. The average Bonchev–Trinajstić information content (AvgIpc) is 1.96. The SMILES string of the molecule is CCCC(CC)C(C)NC(C)(C)C. The summed E-state index contributed by atoms with van der Waals surface area (Å²) in [6.07, 6.45) is 3.94. The van der Waals surface area contributed by atoms with Gasteiger partial charge in [0.2, 0.25) is 0 Å². The van der Waals surface area contributed by atoms with E-state index in [1.54, 1.807) is 0 Å². The monoisotopic (exact) mass is 185 g/mol. The van der Waals surface area contributed by atoms with Crippen LogP contribution in [-0.4, -0.2) is 11.6 Å². The summed E-state index contributed by atoms with van der Waals surface area (Å²) in [7, 11) is 0. The molecule has 1 heteroatoms. The smallest absolute Gasteiger partial charge is 0.00990 e. The van der Waals surface area contributed by atoms with Gasteiger partial charge in [0.25, 0.3) is 0 Å². The maximum atomic E-state index is 3.65. The molecular weight excluding hydrogens is 158 g/mol. The summed E-state index contributed by atoms with van der Waals surface area (Å²) in [5, 5.41) is 3.65. The third kappa shape index (κ3) is 6.09. The van der Waals surface area contributed by atoms with Crippen LogP contribution >= 0.6 is 0 Å². The standard InChI is InChI=1S/C12H27N/c1-7-9-11(8-2)10(3)13-12(4,5)6/h10-11,13H,7-9H2,1-6H3. The number of hydrogen-bond donors (Lipinski definition) is 1. The molecule has 2 atom stereocenters. The van der Waals surface area contributed by atoms with Crippen molar-refractivity contribution in [1.82, 2.24) is 5.32 Å². The fourth-order valence-corrected chi connectivity index (χ4v) is 1.98. The van der Waals surface area contributed by atoms with Crippen LogP contribution in [0.1, 0.15) is 60.8 Å². The van der Waals surface area contributed by atoms with E-state index in [2.05, 4.69) is 46.9 Å². The zero-order valence-corrected chi connectivity index (χ0v) is 10.3. The highest BCUT2D eigenvalue weighted by molar-refractivity contribution is 4.79. The van der Waals surface area contributed by atoms with E-state index in [9.17, 15) is 0 Å². The predicted octanol–water partition coefficient (Wildman–Crippen LogP) is 3.59. The molecule has 0 aliphatic rings. The van der Waals surface area contributed by atoms with Gasteiger partial charge < -0.3 is 5.32 Å². The molecule has 2 unspecified atom stereocenters. The molecule has 0 aromatic heterocycles. The van der Waals surface area contributed by atoms with E-state index >= 15 is 0 Å². The third-order valence-electron chi connectivity index (χ3n) is 2.55. The fourth-order valence-electron chi connectivity index (χ4n) is 1.98. The summed E-state index contributed by atoms with van der Waals surface area (Å²) < 4.78 is 0.